The second kappa shape index (κ2) is 7.88. The molecule has 3 rings (SSSR count). The molecule has 0 spiro atoms. The lowest BCUT2D eigenvalue weighted by atomic mass is 9.94. The summed E-state index contributed by atoms with van der Waals surface area (Å²) < 4.78 is 0. The van der Waals surface area contributed by atoms with E-state index in [9.17, 15) is 0 Å². The number of hydrogen-bond donors (Lipinski definition) is 1. The molecule has 0 bridgehead atoms. The highest BCUT2D eigenvalue weighted by Gasteiger charge is 2.23. The molecule has 0 aliphatic carbocycles. The molecule has 2 aromatic rings. The predicted molar refractivity (Wildman–Crippen MR) is 91.5 cm³/mol. The first-order valence-electron chi connectivity index (χ1n) is 8.47. The molecule has 1 aliphatic heterocycles. The minimum atomic E-state index is 0.480. The molecule has 3 heterocycles. The molecule has 6 heteroatoms. The second-order valence-electron chi connectivity index (χ2n) is 6.26. The summed E-state index contributed by atoms with van der Waals surface area (Å²) in [4.78, 5) is 18.7. The first-order chi connectivity index (χ1) is 11.3. The topological polar surface area (TPSA) is 57.7 Å². The average Bonchev–Trinajstić information content (AvgIpc) is 2.94. The van der Waals surface area contributed by atoms with Crippen molar-refractivity contribution in [2.75, 3.05) is 13.1 Å². The number of hydrogen-bond acceptors (Lipinski definition) is 4. The van der Waals surface area contributed by atoms with E-state index in [2.05, 4.69) is 31.8 Å². The van der Waals surface area contributed by atoms with Crippen LogP contribution in [0.2, 0.25) is 5.15 Å². The fourth-order valence-electron chi connectivity index (χ4n) is 3.21. The molecule has 1 N–H and O–H groups in total. The molecule has 2 aromatic heterocycles. The highest BCUT2D eigenvalue weighted by molar-refractivity contribution is 6.30. The Morgan fingerprint density at radius 1 is 1.43 bits per heavy atom. The van der Waals surface area contributed by atoms with E-state index in [0.29, 0.717) is 11.1 Å². The van der Waals surface area contributed by atoms with Gasteiger partial charge < -0.3 is 4.98 Å². The summed E-state index contributed by atoms with van der Waals surface area (Å²) in [7, 11) is 0. The highest BCUT2D eigenvalue weighted by atomic mass is 35.5. The quantitative estimate of drug-likeness (QED) is 0.878. The Bertz CT molecular complexity index is 613. The van der Waals surface area contributed by atoms with Crippen LogP contribution >= 0.6 is 11.6 Å². The fraction of sp³-hybridized carbons (Fsp3) is 0.588. The van der Waals surface area contributed by atoms with E-state index in [1.54, 1.807) is 6.33 Å². The maximum absolute atomic E-state index is 6.31. The van der Waals surface area contributed by atoms with Crippen molar-refractivity contribution in [1.82, 2.24) is 24.8 Å². The number of nitrogens with one attached hydrogen (secondary N) is 1. The molecule has 0 unspecified atom stereocenters. The Morgan fingerprint density at radius 2 is 2.35 bits per heavy atom. The summed E-state index contributed by atoms with van der Waals surface area (Å²) in [6.45, 7) is 5.13. The smallest absolute Gasteiger partial charge is 0.151 e. The van der Waals surface area contributed by atoms with Crippen molar-refractivity contribution in [2.24, 2.45) is 0 Å². The Hall–Kier alpha value is -1.46. The highest BCUT2D eigenvalue weighted by Crippen LogP contribution is 2.27. The zero-order chi connectivity index (χ0) is 16.1. The summed E-state index contributed by atoms with van der Waals surface area (Å²) in [6.07, 6.45) is 9.12. The van der Waals surface area contributed by atoms with Crippen LogP contribution in [0.4, 0.5) is 0 Å². The minimum Gasteiger partial charge on any atom is -0.344 e. The molecule has 1 aliphatic rings. The number of piperidine rings is 1. The number of likely N-dealkylation sites (tertiary alicyclic amines) is 1. The number of unbranched alkanes of at least 4 members (excludes halogenated alkanes) is 1. The Kier molecular flexibility index (Phi) is 5.62. The van der Waals surface area contributed by atoms with Crippen molar-refractivity contribution in [3.8, 4) is 0 Å². The predicted octanol–water partition coefficient (Wildman–Crippen LogP) is 3.58. The van der Waals surface area contributed by atoms with Crippen molar-refractivity contribution >= 4 is 11.6 Å². The molecule has 1 fully saturated rings. The van der Waals surface area contributed by atoms with Crippen molar-refractivity contribution in [3.63, 3.8) is 0 Å². The van der Waals surface area contributed by atoms with Crippen LogP contribution in [0.25, 0.3) is 0 Å². The van der Waals surface area contributed by atoms with Gasteiger partial charge in [-0.1, -0.05) is 24.9 Å². The Morgan fingerprint density at radius 3 is 3.13 bits per heavy atom. The summed E-state index contributed by atoms with van der Waals surface area (Å²) >= 11 is 6.31. The number of nitrogens with zero attached hydrogens (tertiary/aromatic N) is 4. The number of halogens is 1. The molecule has 124 valence electrons. The third-order valence-corrected chi connectivity index (χ3v) is 4.77. The summed E-state index contributed by atoms with van der Waals surface area (Å²) in [5, 5.41) is 0.625. The normalized spacial score (nSPS) is 19.1. The average molecular weight is 334 g/mol. The minimum absolute atomic E-state index is 0.480. The van der Waals surface area contributed by atoms with Gasteiger partial charge in [0.15, 0.2) is 5.15 Å². The molecular formula is C17H24ClN5. The van der Waals surface area contributed by atoms with E-state index < -0.39 is 0 Å². The van der Waals surface area contributed by atoms with Crippen LogP contribution in [0.3, 0.4) is 0 Å². The molecule has 1 atom stereocenters. The third-order valence-electron chi connectivity index (χ3n) is 4.45. The number of H-pyrrole nitrogens is 1. The number of aryl methyl sites for hydroxylation is 1. The van der Waals surface area contributed by atoms with Gasteiger partial charge >= 0.3 is 0 Å². The van der Waals surface area contributed by atoms with Gasteiger partial charge in [-0.05, 0) is 31.9 Å². The SMILES string of the molecule is CCCCc1nc(Cl)c(CN2CCC[C@H](c3ccncn3)C2)[nH]1. The largest absolute Gasteiger partial charge is 0.344 e. The van der Waals surface area contributed by atoms with Gasteiger partial charge in [0, 0.05) is 37.3 Å². The van der Waals surface area contributed by atoms with E-state index in [1.807, 2.05) is 12.3 Å². The monoisotopic (exact) mass is 333 g/mol. The van der Waals surface area contributed by atoms with Crippen molar-refractivity contribution in [3.05, 3.63) is 41.0 Å². The molecule has 1 saturated heterocycles. The maximum atomic E-state index is 6.31. The van der Waals surface area contributed by atoms with E-state index >= 15 is 0 Å². The molecule has 0 amide bonds. The number of aromatic nitrogens is 4. The fourth-order valence-corrected chi connectivity index (χ4v) is 3.42. The number of imidazole rings is 1. The van der Waals surface area contributed by atoms with E-state index in [0.717, 1.165) is 49.7 Å². The van der Waals surface area contributed by atoms with E-state index in [1.165, 1.54) is 19.3 Å². The van der Waals surface area contributed by atoms with Gasteiger partial charge in [-0.3, -0.25) is 4.90 Å². The number of rotatable bonds is 6. The van der Waals surface area contributed by atoms with Gasteiger partial charge in [-0.15, -0.1) is 0 Å². The maximum Gasteiger partial charge on any atom is 0.151 e. The van der Waals surface area contributed by atoms with Crippen molar-refractivity contribution in [2.45, 2.75) is 51.5 Å². The van der Waals surface area contributed by atoms with Crippen molar-refractivity contribution < 1.29 is 0 Å². The van der Waals surface area contributed by atoms with Crippen molar-refractivity contribution in [1.29, 1.82) is 0 Å². The first-order valence-corrected chi connectivity index (χ1v) is 8.85. The van der Waals surface area contributed by atoms with Crippen LogP contribution in [0, 0.1) is 0 Å². The Balaban J connectivity index is 1.62. The zero-order valence-electron chi connectivity index (χ0n) is 13.6. The van der Waals surface area contributed by atoms with Crippen LogP contribution < -0.4 is 0 Å². The molecule has 0 aromatic carbocycles. The third kappa shape index (κ3) is 4.30. The number of aromatic amines is 1. The standard InChI is InChI=1S/C17H24ClN5/c1-2-3-6-16-21-15(17(18)22-16)11-23-9-4-5-13(10-23)14-7-8-19-12-20-14/h7-8,12-13H,2-6,9-11H2,1H3,(H,21,22)/t13-/m0/s1. The lowest BCUT2D eigenvalue weighted by Crippen LogP contribution is -2.34. The first kappa shape index (κ1) is 16.4. The van der Waals surface area contributed by atoms with E-state index in [4.69, 9.17) is 11.6 Å². The molecular weight excluding hydrogens is 310 g/mol. The van der Waals surface area contributed by atoms with Gasteiger partial charge in [0.25, 0.3) is 0 Å². The van der Waals surface area contributed by atoms with Crippen LogP contribution in [0.1, 0.15) is 55.7 Å². The zero-order valence-corrected chi connectivity index (χ0v) is 14.4. The van der Waals surface area contributed by atoms with Gasteiger partial charge in [0.2, 0.25) is 0 Å². The summed E-state index contributed by atoms with van der Waals surface area (Å²) in [5.74, 6) is 1.49. The van der Waals surface area contributed by atoms with Gasteiger partial charge in [0.1, 0.15) is 12.2 Å². The molecule has 0 saturated carbocycles. The molecule has 0 radical (unpaired) electrons. The van der Waals surface area contributed by atoms with Gasteiger partial charge in [0.05, 0.1) is 5.69 Å². The molecule has 5 nitrogen and oxygen atoms in total. The van der Waals surface area contributed by atoms with Gasteiger partial charge in [-0.25, -0.2) is 15.0 Å². The van der Waals surface area contributed by atoms with Gasteiger partial charge in [-0.2, -0.15) is 0 Å². The summed E-state index contributed by atoms with van der Waals surface area (Å²) in [5.41, 5.74) is 2.19. The van der Waals surface area contributed by atoms with Crippen LogP contribution in [-0.4, -0.2) is 37.9 Å². The van der Waals surface area contributed by atoms with Crippen LogP contribution in [0.5, 0.6) is 0 Å². The Labute approximate surface area is 142 Å². The lowest BCUT2D eigenvalue weighted by molar-refractivity contribution is 0.196. The van der Waals surface area contributed by atoms with E-state index in [-0.39, 0.29) is 0 Å². The summed E-state index contributed by atoms with van der Waals surface area (Å²) in [6, 6.07) is 2.03. The second-order valence-corrected chi connectivity index (χ2v) is 6.62. The van der Waals surface area contributed by atoms with Crippen LogP contribution in [0.15, 0.2) is 18.6 Å². The van der Waals surface area contributed by atoms with Crippen LogP contribution in [-0.2, 0) is 13.0 Å². The molecule has 23 heavy (non-hydrogen) atoms. The lowest BCUT2D eigenvalue weighted by Gasteiger charge is -2.32.